The van der Waals surface area contributed by atoms with Crippen LogP contribution in [-0.4, -0.2) is 63.3 Å². The molecule has 1 aliphatic heterocycles. The Labute approximate surface area is 184 Å². The fourth-order valence-electron chi connectivity index (χ4n) is 4.13. The zero-order valence-corrected chi connectivity index (χ0v) is 18.2. The number of amides is 1. The molecule has 0 aliphatic carbocycles. The number of methoxy groups -OCH3 is 1. The molecule has 0 aromatic carbocycles. The summed E-state index contributed by atoms with van der Waals surface area (Å²) in [6.45, 7) is 3.66. The van der Waals surface area contributed by atoms with Crippen LogP contribution in [0, 0.1) is 5.92 Å². The van der Waals surface area contributed by atoms with Gasteiger partial charge in [-0.25, -0.2) is 9.50 Å². The summed E-state index contributed by atoms with van der Waals surface area (Å²) in [5.41, 5.74) is 3.69. The largest absolute Gasteiger partial charge is 0.479 e. The Morgan fingerprint density at radius 2 is 2.22 bits per heavy atom. The maximum atomic E-state index is 12.2. The molecule has 4 aromatic heterocycles. The molecule has 2 N–H and O–H groups in total. The Balaban J connectivity index is 1.54. The van der Waals surface area contributed by atoms with Crippen LogP contribution in [0.4, 0.5) is 5.95 Å². The summed E-state index contributed by atoms with van der Waals surface area (Å²) in [7, 11) is 3.20. The maximum Gasteiger partial charge on any atom is 0.269 e. The number of anilines is 1. The predicted octanol–water partition coefficient (Wildman–Crippen LogP) is 2.25. The number of hydrogen-bond acceptors (Lipinski definition) is 7. The van der Waals surface area contributed by atoms with Crippen molar-refractivity contribution >= 4 is 23.0 Å². The first-order valence-electron chi connectivity index (χ1n) is 10.6. The van der Waals surface area contributed by atoms with E-state index in [0.29, 0.717) is 29.1 Å². The van der Waals surface area contributed by atoms with Gasteiger partial charge in [0.1, 0.15) is 16.9 Å². The van der Waals surface area contributed by atoms with Crippen LogP contribution in [0.25, 0.3) is 22.3 Å². The van der Waals surface area contributed by atoms with E-state index in [2.05, 4.69) is 32.6 Å². The minimum absolute atomic E-state index is 0.182. The highest BCUT2D eigenvalue weighted by Gasteiger charge is 2.24. The molecule has 166 valence electrons. The molecule has 10 nitrogen and oxygen atoms in total. The summed E-state index contributed by atoms with van der Waals surface area (Å²) in [6, 6.07) is 5.97. The number of hydrogen-bond donors (Lipinski definition) is 2. The molecule has 10 heteroatoms. The number of nitrogens with zero attached hydrogens (tertiary/aromatic N) is 5. The van der Waals surface area contributed by atoms with Gasteiger partial charge < -0.3 is 20.1 Å². The van der Waals surface area contributed by atoms with Gasteiger partial charge in [-0.15, -0.1) is 5.10 Å². The lowest BCUT2D eigenvalue weighted by Gasteiger charge is -2.19. The second-order valence-corrected chi connectivity index (χ2v) is 7.89. The zero-order chi connectivity index (χ0) is 22.2. The number of fused-ring (bicyclic) bond motifs is 2. The van der Waals surface area contributed by atoms with E-state index in [4.69, 9.17) is 9.47 Å². The topological polar surface area (TPSA) is 107 Å². The quantitative estimate of drug-likeness (QED) is 0.478. The first-order valence-corrected chi connectivity index (χ1v) is 10.6. The average molecular weight is 435 g/mol. The molecule has 1 fully saturated rings. The molecule has 32 heavy (non-hydrogen) atoms. The second kappa shape index (κ2) is 8.12. The van der Waals surface area contributed by atoms with Gasteiger partial charge in [-0.3, -0.25) is 9.20 Å². The van der Waals surface area contributed by atoms with E-state index < -0.39 is 0 Å². The van der Waals surface area contributed by atoms with Crippen LogP contribution in [-0.2, 0) is 4.74 Å². The molecule has 0 saturated carbocycles. The van der Waals surface area contributed by atoms with Gasteiger partial charge in [0.05, 0.1) is 19.9 Å². The fourth-order valence-corrected chi connectivity index (χ4v) is 4.13. The van der Waals surface area contributed by atoms with Crippen molar-refractivity contribution in [2.75, 3.05) is 32.7 Å². The fraction of sp³-hybridized carbons (Fsp3) is 0.364. The molecule has 5 heterocycles. The average Bonchev–Trinajstić information content (AvgIpc) is 3.56. The van der Waals surface area contributed by atoms with Crippen molar-refractivity contribution in [3.05, 3.63) is 42.5 Å². The molecule has 1 saturated heterocycles. The number of imidazole rings is 1. The van der Waals surface area contributed by atoms with Crippen molar-refractivity contribution in [2.45, 2.75) is 19.4 Å². The van der Waals surface area contributed by atoms with E-state index in [0.717, 1.165) is 36.3 Å². The smallest absolute Gasteiger partial charge is 0.269 e. The first-order chi connectivity index (χ1) is 15.6. The molecule has 1 amide bonds. The summed E-state index contributed by atoms with van der Waals surface area (Å²) in [6.07, 6.45) is 6.35. The lowest BCUT2D eigenvalue weighted by atomic mass is 10.0. The molecule has 0 radical (unpaired) electrons. The second-order valence-electron chi connectivity index (χ2n) is 7.89. The maximum absolute atomic E-state index is 12.2. The summed E-state index contributed by atoms with van der Waals surface area (Å²) < 4.78 is 14.7. The normalized spacial score (nSPS) is 17.0. The SMILES string of the molecule is CNC(=O)c1cnc2ccc(-c3ccn4nc(N[C@H](C)C5CCOC5)nc(OC)c34)cn12. The number of pyridine rings is 1. The highest BCUT2D eigenvalue weighted by Crippen LogP contribution is 2.32. The number of nitrogens with one attached hydrogen (secondary N) is 2. The Bertz CT molecular complexity index is 1290. The van der Waals surface area contributed by atoms with Gasteiger partial charge in [-0.05, 0) is 31.5 Å². The third kappa shape index (κ3) is 3.42. The van der Waals surface area contributed by atoms with Gasteiger partial charge >= 0.3 is 0 Å². The number of ether oxygens (including phenoxy) is 2. The van der Waals surface area contributed by atoms with Crippen LogP contribution in [0.1, 0.15) is 23.8 Å². The molecule has 5 rings (SSSR count). The summed E-state index contributed by atoms with van der Waals surface area (Å²) in [5.74, 6) is 1.20. The van der Waals surface area contributed by atoms with Crippen LogP contribution in [0.2, 0.25) is 0 Å². The van der Waals surface area contributed by atoms with Gasteiger partial charge in [-0.1, -0.05) is 0 Å². The molecular formula is C22H25N7O3. The third-order valence-electron chi connectivity index (χ3n) is 5.98. The zero-order valence-electron chi connectivity index (χ0n) is 18.2. The lowest BCUT2D eigenvalue weighted by molar-refractivity contribution is 0.0957. The third-order valence-corrected chi connectivity index (χ3v) is 5.98. The van der Waals surface area contributed by atoms with E-state index in [1.165, 1.54) is 0 Å². The number of carbonyl (C=O) groups is 1. The van der Waals surface area contributed by atoms with E-state index in [-0.39, 0.29) is 11.9 Å². The Morgan fingerprint density at radius 3 is 2.97 bits per heavy atom. The van der Waals surface area contributed by atoms with E-state index >= 15 is 0 Å². The molecule has 4 aromatic rings. The van der Waals surface area contributed by atoms with E-state index in [1.807, 2.05) is 30.6 Å². The first kappa shape index (κ1) is 20.3. The highest BCUT2D eigenvalue weighted by atomic mass is 16.5. The van der Waals surface area contributed by atoms with Crippen molar-refractivity contribution in [1.29, 1.82) is 0 Å². The van der Waals surface area contributed by atoms with Crippen molar-refractivity contribution < 1.29 is 14.3 Å². The molecule has 2 atom stereocenters. The van der Waals surface area contributed by atoms with Crippen molar-refractivity contribution in [3.8, 4) is 17.0 Å². The molecule has 0 spiro atoms. The summed E-state index contributed by atoms with van der Waals surface area (Å²) in [5, 5.41) is 10.7. The number of rotatable bonds is 6. The monoisotopic (exact) mass is 435 g/mol. The molecular weight excluding hydrogens is 410 g/mol. The Kier molecular flexibility index (Phi) is 5.14. The predicted molar refractivity (Wildman–Crippen MR) is 119 cm³/mol. The van der Waals surface area contributed by atoms with E-state index in [9.17, 15) is 4.79 Å². The molecule has 1 aliphatic rings. The minimum Gasteiger partial charge on any atom is -0.479 e. The van der Waals surface area contributed by atoms with Crippen LogP contribution in [0.3, 0.4) is 0 Å². The van der Waals surface area contributed by atoms with Crippen molar-refractivity contribution in [3.63, 3.8) is 0 Å². The van der Waals surface area contributed by atoms with E-state index in [1.54, 1.807) is 29.3 Å². The molecule has 0 bridgehead atoms. The van der Waals surface area contributed by atoms with Crippen LogP contribution in [0.15, 0.2) is 36.8 Å². The van der Waals surface area contributed by atoms with Crippen molar-refractivity contribution in [1.82, 2.24) is 29.3 Å². The number of carbonyl (C=O) groups excluding carboxylic acids is 1. The Hall–Kier alpha value is -3.66. The summed E-state index contributed by atoms with van der Waals surface area (Å²) >= 11 is 0. The lowest BCUT2D eigenvalue weighted by Crippen LogP contribution is -2.27. The highest BCUT2D eigenvalue weighted by molar-refractivity contribution is 5.93. The van der Waals surface area contributed by atoms with Gasteiger partial charge in [0.15, 0.2) is 0 Å². The van der Waals surface area contributed by atoms with Crippen molar-refractivity contribution in [2.24, 2.45) is 5.92 Å². The van der Waals surface area contributed by atoms with Gasteiger partial charge in [0, 0.05) is 49.1 Å². The van der Waals surface area contributed by atoms with Gasteiger partial charge in [0.25, 0.3) is 5.91 Å². The van der Waals surface area contributed by atoms with Crippen LogP contribution < -0.4 is 15.4 Å². The van der Waals surface area contributed by atoms with Gasteiger partial charge in [-0.2, -0.15) is 4.98 Å². The minimum atomic E-state index is -0.199. The Morgan fingerprint density at radius 1 is 1.34 bits per heavy atom. The molecule has 1 unspecified atom stereocenters. The van der Waals surface area contributed by atoms with Gasteiger partial charge in [0.2, 0.25) is 11.8 Å². The standard InChI is InChI=1S/C22H25N7O3/c1-13(15-7-9-32-12-15)25-22-26-21(31-3)19-16(6-8-29(19)27-22)14-4-5-18-24-10-17(20(30)23-2)28(18)11-14/h4-6,8,10-11,13,15H,7,9,12H2,1-3H3,(H,23,30)(H,25,27)/t13-,15?/m1/s1. The number of aromatic nitrogens is 5. The summed E-state index contributed by atoms with van der Waals surface area (Å²) in [4.78, 5) is 21.1. The van der Waals surface area contributed by atoms with Crippen LogP contribution in [0.5, 0.6) is 5.88 Å². The van der Waals surface area contributed by atoms with Crippen LogP contribution >= 0.6 is 0 Å².